The van der Waals surface area contributed by atoms with E-state index in [2.05, 4.69) is 9.05 Å². The van der Waals surface area contributed by atoms with Crippen molar-refractivity contribution in [2.24, 2.45) is 0 Å². The quantitative estimate of drug-likeness (QED) is 0.394. The van der Waals surface area contributed by atoms with Crippen molar-refractivity contribution < 1.29 is 35.0 Å². The predicted octanol–water partition coefficient (Wildman–Crippen LogP) is 1.70. The van der Waals surface area contributed by atoms with Gasteiger partial charge < -0.3 is 13.9 Å². The first-order chi connectivity index (χ1) is 5.62. The molecule has 1 atom stereocenters. The van der Waals surface area contributed by atoms with Gasteiger partial charge in [-0.2, -0.15) is 0 Å². The van der Waals surface area contributed by atoms with Gasteiger partial charge in [-0.1, -0.05) is 20.3 Å². The number of phosphoric acid groups is 1. The van der Waals surface area contributed by atoms with E-state index in [0.29, 0.717) is 6.42 Å². The molecule has 0 N–H and O–H groups in total. The third-order valence-electron chi connectivity index (χ3n) is 1.20. The third kappa shape index (κ3) is 10.5. The average molecular weight is 254 g/mol. The van der Waals surface area contributed by atoms with Crippen LogP contribution in [-0.2, 0) is 30.1 Å². The molecule has 0 saturated heterocycles. The fourth-order valence-electron chi connectivity index (χ4n) is 0.561. The van der Waals surface area contributed by atoms with E-state index >= 15 is 0 Å². The van der Waals surface area contributed by atoms with Crippen LogP contribution in [0, 0.1) is 0 Å². The van der Waals surface area contributed by atoms with E-state index in [9.17, 15) is 9.46 Å². The first-order valence-corrected chi connectivity index (χ1v) is 5.68. The molecule has 6 heteroatoms. The smallest absolute Gasteiger partial charge is 0.267 e. The maximum absolute atomic E-state index is 10.8. The first-order valence-electron chi connectivity index (χ1n) is 4.22. The van der Waals surface area contributed by atoms with E-state index in [1.54, 1.807) is 0 Å². The molecule has 0 aliphatic carbocycles. The fraction of sp³-hybridized carbons (Fsp3) is 1.00. The van der Waals surface area contributed by atoms with Gasteiger partial charge in [0.2, 0.25) is 0 Å². The summed E-state index contributed by atoms with van der Waals surface area (Å²) in [6.07, 6.45) is 2.32. The SMILES string of the molecule is CCCCOP(=O)([O-])OCCC.[Ni]. The molecule has 0 fully saturated rings. The number of phosphoric ester groups is 1. The predicted molar refractivity (Wildman–Crippen MR) is 44.7 cm³/mol. The summed E-state index contributed by atoms with van der Waals surface area (Å²) in [5.74, 6) is 0. The summed E-state index contributed by atoms with van der Waals surface area (Å²) in [6.45, 7) is 4.23. The fourth-order valence-corrected chi connectivity index (χ4v) is 1.39. The molecule has 0 radical (unpaired) electrons. The minimum absolute atomic E-state index is 0. The molecule has 0 aliphatic rings. The summed E-state index contributed by atoms with van der Waals surface area (Å²) in [6, 6.07) is 0. The van der Waals surface area contributed by atoms with Gasteiger partial charge in [0.1, 0.15) is 0 Å². The Kier molecular flexibility index (Phi) is 11.3. The maximum Gasteiger partial charge on any atom is 0.267 e. The van der Waals surface area contributed by atoms with Gasteiger partial charge in [-0.15, -0.1) is 0 Å². The standard InChI is InChI=1S/C7H17O4P.Ni/c1-3-5-7-11-12(8,9)10-6-4-2;/h3-7H2,1-2H3,(H,8,9);/p-1. The molecular weight excluding hydrogens is 238 g/mol. The molecule has 0 aliphatic heterocycles. The average Bonchev–Trinajstić information content (AvgIpc) is 2.01. The van der Waals surface area contributed by atoms with Gasteiger partial charge in [0, 0.05) is 16.5 Å². The van der Waals surface area contributed by atoms with Crippen molar-refractivity contribution >= 4 is 7.82 Å². The van der Waals surface area contributed by atoms with Crippen molar-refractivity contribution in [2.45, 2.75) is 33.1 Å². The molecule has 4 nitrogen and oxygen atoms in total. The second-order valence-electron chi connectivity index (χ2n) is 2.47. The monoisotopic (exact) mass is 253 g/mol. The molecule has 0 rings (SSSR count). The van der Waals surface area contributed by atoms with Gasteiger partial charge in [-0.05, 0) is 12.8 Å². The van der Waals surface area contributed by atoms with Crippen LogP contribution in [0.5, 0.6) is 0 Å². The van der Waals surface area contributed by atoms with Crippen molar-refractivity contribution in [3.05, 3.63) is 0 Å². The van der Waals surface area contributed by atoms with Gasteiger partial charge in [-0.3, -0.25) is 4.57 Å². The summed E-state index contributed by atoms with van der Waals surface area (Å²) in [7, 11) is -3.99. The van der Waals surface area contributed by atoms with Gasteiger partial charge in [-0.25, -0.2) is 0 Å². The Morgan fingerprint density at radius 1 is 1.15 bits per heavy atom. The van der Waals surface area contributed by atoms with Crippen LogP contribution >= 0.6 is 7.82 Å². The van der Waals surface area contributed by atoms with Crippen LogP contribution in [0.25, 0.3) is 0 Å². The van der Waals surface area contributed by atoms with E-state index in [-0.39, 0.29) is 29.7 Å². The van der Waals surface area contributed by atoms with Crippen molar-refractivity contribution in [3.63, 3.8) is 0 Å². The van der Waals surface area contributed by atoms with Gasteiger partial charge >= 0.3 is 0 Å². The van der Waals surface area contributed by atoms with Crippen LogP contribution in [0.2, 0.25) is 0 Å². The Bertz CT molecular complexity index is 153. The minimum Gasteiger partial charge on any atom is -0.756 e. The molecule has 0 bridgehead atoms. The van der Waals surface area contributed by atoms with Gasteiger partial charge in [0.15, 0.2) is 0 Å². The van der Waals surface area contributed by atoms with Crippen LogP contribution in [0.3, 0.4) is 0 Å². The normalized spacial score (nSPS) is 14.7. The molecule has 0 amide bonds. The Hall–Kier alpha value is 0.604. The Balaban J connectivity index is 0. The number of hydrogen-bond acceptors (Lipinski definition) is 4. The molecular formula is C7H16NiO4P-. The zero-order valence-corrected chi connectivity index (χ0v) is 9.81. The van der Waals surface area contributed by atoms with Crippen LogP contribution < -0.4 is 4.89 Å². The molecule has 1 unspecified atom stereocenters. The van der Waals surface area contributed by atoms with Crippen LogP contribution in [0.4, 0.5) is 0 Å². The first kappa shape index (κ1) is 16.0. The van der Waals surface area contributed by atoms with Crippen LogP contribution in [0.1, 0.15) is 33.1 Å². The number of unbranched alkanes of at least 4 members (excludes halogenated alkanes) is 1. The van der Waals surface area contributed by atoms with Gasteiger partial charge in [0.05, 0.1) is 13.2 Å². The van der Waals surface area contributed by atoms with Crippen molar-refractivity contribution in [1.29, 1.82) is 0 Å². The molecule has 0 aromatic rings. The van der Waals surface area contributed by atoms with Crippen LogP contribution in [-0.4, -0.2) is 13.2 Å². The molecule has 0 heterocycles. The van der Waals surface area contributed by atoms with Crippen molar-refractivity contribution in [3.8, 4) is 0 Å². The summed E-state index contributed by atoms with van der Waals surface area (Å²) >= 11 is 0. The Labute approximate surface area is 89.5 Å². The largest absolute Gasteiger partial charge is 0.756 e. The third-order valence-corrected chi connectivity index (χ3v) is 2.20. The molecule has 0 aromatic heterocycles. The van der Waals surface area contributed by atoms with E-state index in [1.165, 1.54) is 0 Å². The summed E-state index contributed by atoms with van der Waals surface area (Å²) in [5, 5.41) is 0. The second-order valence-corrected chi connectivity index (χ2v) is 3.88. The zero-order valence-electron chi connectivity index (χ0n) is 7.93. The second kappa shape index (κ2) is 9.17. The van der Waals surface area contributed by atoms with Crippen molar-refractivity contribution in [1.82, 2.24) is 0 Å². The van der Waals surface area contributed by atoms with E-state index in [0.717, 1.165) is 12.8 Å². The van der Waals surface area contributed by atoms with E-state index < -0.39 is 7.82 Å². The molecule has 0 spiro atoms. The van der Waals surface area contributed by atoms with E-state index in [4.69, 9.17) is 0 Å². The topological polar surface area (TPSA) is 58.6 Å². The van der Waals surface area contributed by atoms with E-state index in [1.807, 2.05) is 13.8 Å². The minimum atomic E-state index is -3.99. The zero-order chi connectivity index (χ0) is 9.45. The molecule has 84 valence electrons. The molecule has 13 heavy (non-hydrogen) atoms. The van der Waals surface area contributed by atoms with Crippen LogP contribution in [0.15, 0.2) is 0 Å². The summed E-state index contributed by atoms with van der Waals surface area (Å²) in [5.41, 5.74) is 0. The summed E-state index contributed by atoms with van der Waals surface area (Å²) in [4.78, 5) is 10.8. The maximum atomic E-state index is 10.8. The van der Waals surface area contributed by atoms with Gasteiger partial charge in [0.25, 0.3) is 7.82 Å². The van der Waals surface area contributed by atoms with Crippen molar-refractivity contribution in [2.75, 3.05) is 13.2 Å². The Morgan fingerprint density at radius 2 is 1.69 bits per heavy atom. The summed E-state index contributed by atoms with van der Waals surface area (Å²) < 4.78 is 19.9. The number of rotatable bonds is 7. The molecule has 0 saturated carbocycles. The Morgan fingerprint density at radius 3 is 2.15 bits per heavy atom. The number of hydrogen-bond donors (Lipinski definition) is 0. The molecule has 0 aromatic carbocycles.